The van der Waals surface area contributed by atoms with E-state index in [4.69, 9.17) is 5.11 Å². The fourth-order valence-electron chi connectivity index (χ4n) is 2.50. The van der Waals surface area contributed by atoms with Gasteiger partial charge in [-0.05, 0) is 19.8 Å². The van der Waals surface area contributed by atoms with E-state index in [9.17, 15) is 9.59 Å². The van der Waals surface area contributed by atoms with Gasteiger partial charge < -0.3 is 10.4 Å². The number of aromatic nitrogens is 1. The topological polar surface area (TPSA) is 79.3 Å². The van der Waals surface area contributed by atoms with Gasteiger partial charge in [0.15, 0.2) is 0 Å². The van der Waals surface area contributed by atoms with Gasteiger partial charge in [0.05, 0.1) is 11.6 Å². The Morgan fingerprint density at radius 1 is 1.27 bits per heavy atom. The summed E-state index contributed by atoms with van der Waals surface area (Å²) in [6, 6.07) is 9.69. The Bertz CT molecular complexity index is 705. The van der Waals surface area contributed by atoms with Gasteiger partial charge in [0.25, 0.3) is 5.91 Å². The molecule has 0 aliphatic heterocycles. The lowest BCUT2D eigenvalue weighted by Gasteiger charge is -2.32. The van der Waals surface area contributed by atoms with Gasteiger partial charge in [-0.3, -0.25) is 9.59 Å². The number of hydrogen-bond donors (Lipinski definition) is 2. The number of rotatable bonds is 4. The molecule has 6 heteroatoms. The molecule has 3 rings (SSSR count). The third-order valence-corrected chi connectivity index (χ3v) is 5.05. The Labute approximate surface area is 132 Å². The third kappa shape index (κ3) is 2.87. The zero-order valence-corrected chi connectivity index (χ0v) is 12.9. The summed E-state index contributed by atoms with van der Waals surface area (Å²) in [4.78, 5) is 28.1. The molecule has 2 N–H and O–H groups in total. The zero-order valence-electron chi connectivity index (χ0n) is 12.1. The number of carboxylic acid groups (broad SMARTS) is 1. The van der Waals surface area contributed by atoms with Crippen molar-refractivity contribution in [2.24, 2.45) is 5.92 Å². The summed E-state index contributed by atoms with van der Waals surface area (Å²) < 4.78 is 0. The van der Waals surface area contributed by atoms with Gasteiger partial charge in [0.2, 0.25) is 0 Å². The average molecular weight is 316 g/mol. The number of amides is 1. The van der Waals surface area contributed by atoms with Crippen LogP contribution in [0.2, 0.25) is 0 Å². The van der Waals surface area contributed by atoms with Gasteiger partial charge in [-0.2, -0.15) is 0 Å². The summed E-state index contributed by atoms with van der Waals surface area (Å²) in [7, 11) is 0. The minimum absolute atomic E-state index is 0.0460. The monoisotopic (exact) mass is 316 g/mol. The number of benzene rings is 1. The first-order valence-corrected chi connectivity index (χ1v) is 7.92. The molecule has 114 valence electrons. The standard InChI is InChI=1S/C16H16N2O3S/c1-9-13(14(19)18-12-7-11(8-12)16(20)21)22-15(17-9)10-5-3-2-4-6-10/h2-6,11-12H,7-8H2,1H3,(H,18,19)(H,20,21). The highest BCUT2D eigenvalue weighted by molar-refractivity contribution is 7.17. The Balaban J connectivity index is 1.69. The van der Waals surface area contributed by atoms with Crippen molar-refractivity contribution in [2.75, 3.05) is 0 Å². The number of nitrogens with zero attached hydrogens (tertiary/aromatic N) is 1. The molecule has 0 bridgehead atoms. The van der Waals surface area contributed by atoms with Gasteiger partial charge in [-0.25, -0.2) is 4.98 Å². The quantitative estimate of drug-likeness (QED) is 0.909. The van der Waals surface area contributed by atoms with E-state index in [1.807, 2.05) is 37.3 Å². The molecular formula is C16H16N2O3S. The van der Waals surface area contributed by atoms with Gasteiger partial charge in [0.1, 0.15) is 9.88 Å². The van der Waals surface area contributed by atoms with Gasteiger partial charge in [-0.15, -0.1) is 11.3 Å². The second-order valence-electron chi connectivity index (χ2n) is 5.48. The summed E-state index contributed by atoms with van der Waals surface area (Å²) in [5.74, 6) is -1.27. The van der Waals surface area contributed by atoms with Crippen LogP contribution in [0.25, 0.3) is 10.6 Å². The van der Waals surface area contributed by atoms with E-state index >= 15 is 0 Å². The summed E-state index contributed by atoms with van der Waals surface area (Å²) in [6.45, 7) is 1.82. The number of carboxylic acids is 1. The minimum Gasteiger partial charge on any atom is -0.481 e. The SMILES string of the molecule is Cc1nc(-c2ccccc2)sc1C(=O)NC1CC(C(=O)O)C1. The maximum Gasteiger partial charge on any atom is 0.306 e. The highest BCUT2D eigenvalue weighted by atomic mass is 32.1. The Hall–Kier alpha value is -2.21. The van der Waals surface area contributed by atoms with Crippen LogP contribution in [0, 0.1) is 12.8 Å². The van der Waals surface area contributed by atoms with Crippen molar-refractivity contribution in [3.05, 3.63) is 40.9 Å². The lowest BCUT2D eigenvalue weighted by atomic mass is 9.80. The summed E-state index contributed by atoms with van der Waals surface area (Å²) in [6.07, 6.45) is 1.01. The number of carbonyl (C=O) groups excluding carboxylic acids is 1. The number of aryl methyl sites for hydroxylation is 1. The molecule has 1 fully saturated rings. The van der Waals surface area contributed by atoms with E-state index in [0.717, 1.165) is 10.6 Å². The van der Waals surface area contributed by atoms with Crippen LogP contribution >= 0.6 is 11.3 Å². The highest BCUT2D eigenvalue weighted by Crippen LogP contribution is 2.30. The van der Waals surface area contributed by atoms with E-state index in [0.29, 0.717) is 23.4 Å². The molecule has 0 unspecified atom stereocenters. The van der Waals surface area contributed by atoms with Crippen LogP contribution in [0.5, 0.6) is 0 Å². The first-order chi connectivity index (χ1) is 10.5. The third-order valence-electron chi connectivity index (χ3n) is 3.85. The number of thiazole rings is 1. The second kappa shape index (κ2) is 5.88. The van der Waals surface area contributed by atoms with E-state index < -0.39 is 5.97 Å². The number of aliphatic carboxylic acids is 1. The molecule has 0 radical (unpaired) electrons. The van der Waals surface area contributed by atoms with Crippen molar-refractivity contribution in [3.8, 4) is 10.6 Å². The molecule has 0 atom stereocenters. The van der Waals surface area contributed by atoms with Gasteiger partial charge in [0, 0.05) is 11.6 Å². The van der Waals surface area contributed by atoms with Crippen LogP contribution in [-0.4, -0.2) is 28.0 Å². The minimum atomic E-state index is -0.786. The molecule has 1 amide bonds. The molecule has 1 aliphatic rings. The summed E-state index contributed by atoms with van der Waals surface area (Å²) in [5, 5.41) is 12.6. The molecule has 1 aliphatic carbocycles. The number of carbonyl (C=O) groups is 2. The Kier molecular flexibility index (Phi) is 3.94. The van der Waals surface area contributed by atoms with Gasteiger partial charge >= 0.3 is 5.97 Å². The predicted molar refractivity (Wildman–Crippen MR) is 83.9 cm³/mol. The predicted octanol–water partition coefficient (Wildman–Crippen LogP) is 2.71. The zero-order chi connectivity index (χ0) is 15.7. The molecule has 1 saturated carbocycles. The first kappa shape index (κ1) is 14.7. The maximum absolute atomic E-state index is 12.3. The van der Waals surface area contributed by atoms with E-state index in [2.05, 4.69) is 10.3 Å². The fourth-order valence-corrected chi connectivity index (χ4v) is 3.47. The van der Waals surface area contributed by atoms with Crippen molar-refractivity contribution >= 4 is 23.2 Å². The lowest BCUT2D eigenvalue weighted by Crippen LogP contribution is -2.46. The van der Waals surface area contributed by atoms with Crippen molar-refractivity contribution in [3.63, 3.8) is 0 Å². The van der Waals surface area contributed by atoms with Crippen LogP contribution in [0.3, 0.4) is 0 Å². The first-order valence-electron chi connectivity index (χ1n) is 7.11. The molecule has 2 aromatic rings. The van der Waals surface area contributed by atoms with E-state index in [1.165, 1.54) is 11.3 Å². The van der Waals surface area contributed by atoms with Crippen LogP contribution < -0.4 is 5.32 Å². The molecule has 22 heavy (non-hydrogen) atoms. The lowest BCUT2D eigenvalue weighted by molar-refractivity contribution is -0.145. The van der Waals surface area contributed by atoms with Crippen molar-refractivity contribution in [1.82, 2.24) is 10.3 Å². The van der Waals surface area contributed by atoms with Crippen LogP contribution in [0.1, 0.15) is 28.2 Å². The number of hydrogen-bond acceptors (Lipinski definition) is 4. The summed E-state index contributed by atoms with van der Waals surface area (Å²) >= 11 is 1.36. The van der Waals surface area contributed by atoms with Crippen LogP contribution in [-0.2, 0) is 4.79 Å². The highest BCUT2D eigenvalue weighted by Gasteiger charge is 2.35. The largest absolute Gasteiger partial charge is 0.481 e. The molecule has 1 heterocycles. The molecule has 1 aromatic heterocycles. The fraction of sp³-hybridized carbons (Fsp3) is 0.312. The average Bonchev–Trinajstić information content (AvgIpc) is 2.85. The van der Waals surface area contributed by atoms with E-state index in [-0.39, 0.29) is 17.9 Å². The van der Waals surface area contributed by atoms with Crippen molar-refractivity contribution in [1.29, 1.82) is 0 Å². The molecule has 5 nitrogen and oxygen atoms in total. The Morgan fingerprint density at radius 3 is 2.59 bits per heavy atom. The normalized spacial score (nSPS) is 20.2. The Morgan fingerprint density at radius 2 is 1.95 bits per heavy atom. The van der Waals surface area contributed by atoms with Crippen LogP contribution in [0.15, 0.2) is 30.3 Å². The van der Waals surface area contributed by atoms with Crippen LogP contribution in [0.4, 0.5) is 0 Å². The molecule has 0 spiro atoms. The second-order valence-corrected chi connectivity index (χ2v) is 6.48. The van der Waals surface area contributed by atoms with E-state index in [1.54, 1.807) is 0 Å². The molecular weight excluding hydrogens is 300 g/mol. The molecule has 0 saturated heterocycles. The van der Waals surface area contributed by atoms with Crippen molar-refractivity contribution < 1.29 is 14.7 Å². The van der Waals surface area contributed by atoms with Gasteiger partial charge in [-0.1, -0.05) is 30.3 Å². The smallest absolute Gasteiger partial charge is 0.306 e. The molecule has 1 aromatic carbocycles. The van der Waals surface area contributed by atoms with Crippen molar-refractivity contribution in [2.45, 2.75) is 25.8 Å². The number of nitrogens with one attached hydrogen (secondary N) is 1. The summed E-state index contributed by atoms with van der Waals surface area (Å²) in [5.41, 5.74) is 1.69. The maximum atomic E-state index is 12.3.